The Morgan fingerprint density at radius 2 is 2.07 bits per heavy atom. The molecule has 2 amide bonds. The van der Waals surface area contributed by atoms with Crippen LogP contribution in [0.15, 0.2) is 18.3 Å². The van der Waals surface area contributed by atoms with E-state index in [1.54, 1.807) is 0 Å². The SMILES string of the molecule is CC(=O)Nc1cc(N2CCNCC2Cc2cnc(NC(C)=O)s2)cc(C)n1. The standard InChI is InChI=1S/C18H24N6O2S/c1-11-6-14(8-17(21-11)22-12(2)25)24-5-4-19-9-15(24)7-16-10-20-18(27-16)23-13(3)26/h6,8,10,15,19H,4-5,7,9H2,1-3H3,(H,20,23,26)(H,21,22,25). The lowest BCUT2D eigenvalue weighted by molar-refractivity contribution is -0.115. The van der Waals surface area contributed by atoms with E-state index in [0.29, 0.717) is 10.9 Å². The minimum absolute atomic E-state index is 0.116. The lowest BCUT2D eigenvalue weighted by Gasteiger charge is -2.38. The number of pyridine rings is 1. The van der Waals surface area contributed by atoms with Gasteiger partial charge in [0.1, 0.15) is 5.82 Å². The van der Waals surface area contributed by atoms with Gasteiger partial charge in [-0.25, -0.2) is 9.97 Å². The van der Waals surface area contributed by atoms with Gasteiger partial charge >= 0.3 is 0 Å². The molecule has 1 aliphatic rings. The first-order valence-corrected chi connectivity index (χ1v) is 9.68. The number of aromatic nitrogens is 2. The van der Waals surface area contributed by atoms with Gasteiger partial charge in [-0.05, 0) is 13.0 Å². The highest BCUT2D eigenvalue weighted by Crippen LogP contribution is 2.26. The highest BCUT2D eigenvalue weighted by molar-refractivity contribution is 7.15. The molecule has 0 radical (unpaired) electrons. The van der Waals surface area contributed by atoms with Crippen LogP contribution in [0.4, 0.5) is 16.6 Å². The van der Waals surface area contributed by atoms with Crippen molar-refractivity contribution in [3.05, 3.63) is 28.9 Å². The number of carbonyl (C=O) groups excluding carboxylic acids is 2. The monoisotopic (exact) mass is 388 g/mol. The van der Waals surface area contributed by atoms with E-state index in [0.717, 1.165) is 42.3 Å². The molecule has 1 unspecified atom stereocenters. The number of aryl methyl sites for hydroxylation is 1. The zero-order chi connectivity index (χ0) is 19.4. The van der Waals surface area contributed by atoms with E-state index < -0.39 is 0 Å². The summed E-state index contributed by atoms with van der Waals surface area (Å²) >= 11 is 1.50. The maximum absolute atomic E-state index is 11.4. The zero-order valence-corrected chi connectivity index (χ0v) is 16.5. The molecule has 1 atom stereocenters. The van der Waals surface area contributed by atoms with Gasteiger partial charge in [-0.15, -0.1) is 11.3 Å². The van der Waals surface area contributed by atoms with Crippen molar-refractivity contribution in [1.29, 1.82) is 0 Å². The number of piperazine rings is 1. The Balaban J connectivity index is 1.79. The third kappa shape index (κ3) is 5.24. The largest absolute Gasteiger partial charge is 0.365 e. The van der Waals surface area contributed by atoms with E-state index in [-0.39, 0.29) is 17.9 Å². The number of rotatable bonds is 5. The van der Waals surface area contributed by atoms with E-state index in [2.05, 4.69) is 30.8 Å². The summed E-state index contributed by atoms with van der Waals surface area (Å²) in [6.07, 6.45) is 2.64. The molecule has 0 bridgehead atoms. The highest BCUT2D eigenvalue weighted by atomic mass is 32.1. The molecule has 1 fully saturated rings. The van der Waals surface area contributed by atoms with Gasteiger partial charge in [0.2, 0.25) is 11.8 Å². The van der Waals surface area contributed by atoms with Crippen LogP contribution in [0.5, 0.6) is 0 Å². The average molecular weight is 388 g/mol. The number of amides is 2. The van der Waals surface area contributed by atoms with Gasteiger partial charge in [0.25, 0.3) is 0 Å². The lowest BCUT2D eigenvalue weighted by Crippen LogP contribution is -2.52. The predicted octanol–water partition coefficient (Wildman–Crippen LogP) is 1.78. The molecule has 3 N–H and O–H groups in total. The molecule has 9 heteroatoms. The number of anilines is 3. The molecule has 1 aliphatic heterocycles. The Morgan fingerprint density at radius 1 is 1.30 bits per heavy atom. The van der Waals surface area contributed by atoms with Crippen molar-refractivity contribution >= 4 is 39.8 Å². The lowest BCUT2D eigenvalue weighted by atomic mass is 10.1. The van der Waals surface area contributed by atoms with Crippen molar-refractivity contribution in [3.63, 3.8) is 0 Å². The number of hydrogen-bond donors (Lipinski definition) is 3. The molecule has 2 aromatic rings. The average Bonchev–Trinajstić information content (AvgIpc) is 3.00. The number of thiazole rings is 1. The summed E-state index contributed by atoms with van der Waals surface area (Å²) in [5.41, 5.74) is 1.91. The molecule has 144 valence electrons. The van der Waals surface area contributed by atoms with E-state index in [9.17, 15) is 9.59 Å². The van der Waals surface area contributed by atoms with Gasteiger partial charge in [-0.1, -0.05) is 0 Å². The van der Waals surface area contributed by atoms with Crippen LogP contribution < -0.4 is 20.9 Å². The Hall–Kier alpha value is -2.52. The smallest absolute Gasteiger partial charge is 0.223 e. The Labute approximate surface area is 162 Å². The molecular weight excluding hydrogens is 364 g/mol. The fourth-order valence-corrected chi connectivity index (χ4v) is 4.12. The molecular formula is C18H24N6O2S. The molecule has 0 spiro atoms. The maximum Gasteiger partial charge on any atom is 0.223 e. The van der Waals surface area contributed by atoms with Crippen LogP contribution in [-0.2, 0) is 16.0 Å². The van der Waals surface area contributed by atoms with Crippen LogP contribution in [0, 0.1) is 6.92 Å². The van der Waals surface area contributed by atoms with Crippen LogP contribution >= 0.6 is 11.3 Å². The van der Waals surface area contributed by atoms with Crippen molar-refractivity contribution in [1.82, 2.24) is 15.3 Å². The predicted molar refractivity (Wildman–Crippen MR) is 107 cm³/mol. The van der Waals surface area contributed by atoms with Crippen molar-refractivity contribution in [3.8, 4) is 0 Å². The first-order chi connectivity index (χ1) is 12.9. The van der Waals surface area contributed by atoms with Crippen LogP contribution in [0.25, 0.3) is 0 Å². The first kappa shape index (κ1) is 19.2. The molecule has 0 aliphatic carbocycles. The van der Waals surface area contributed by atoms with Gasteiger partial charge in [0, 0.05) is 74.5 Å². The van der Waals surface area contributed by atoms with E-state index in [1.165, 1.54) is 25.2 Å². The highest BCUT2D eigenvalue weighted by Gasteiger charge is 2.24. The molecule has 3 rings (SSSR count). The molecule has 0 aromatic carbocycles. The second-order valence-electron chi connectivity index (χ2n) is 6.60. The van der Waals surface area contributed by atoms with Gasteiger partial charge in [0.05, 0.1) is 0 Å². The molecule has 0 saturated carbocycles. The van der Waals surface area contributed by atoms with Gasteiger partial charge in [0.15, 0.2) is 5.13 Å². The topological polar surface area (TPSA) is 99.3 Å². The Kier molecular flexibility index (Phi) is 6.02. The molecule has 2 aromatic heterocycles. The van der Waals surface area contributed by atoms with Gasteiger partial charge < -0.3 is 20.9 Å². The molecule has 27 heavy (non-hydrogen) atoms. The summed E-state index contributed by atoms with van der Waals surface area (Å²) in [6.45, 7) is 7.50. The normalized spacial score (nSPS) is 16.9. The second-order valence-corrected chi connectivity index (χ2v) is 7.72. The molecule has 3 heterocycles. The summed E-state index contributed by atoms with van der Waals surface area (Å²) in [5.74, 6) is 0.321. The number of nitrogens with zero attached hydrogens (tertiary/aromatic N) is 3. The third-order valence-electron chi connectivity index (χ3n) is 4.20. The van der Waals surface area contributed by atoms with Crippen LogP contribution in [0.2, 0.25) is 0 Å². The zero-order valence-electron chi connectivity index (χ0n) is 15.7. The summed E-state index contributed by atoms with van der Waals surface area (Å²) < 4.78 is 0. The van der Waals surface area contributed by atoms with Crippen LogP contribution in [0.1, 0.15) is 24.4 Å². The number of hydrogen-bond acceptors (Lipinski definition) is 7. The third-order valence-corrected chi connectivity index (χ3v) is 5.13. The second kappa shape index (κ2) is 8.45. The molecule has 1 saturated heterocycles. The maximum atomic E-state index is 11.4. The van der Waals surface area contributed by atoms with Gasteiger partial charge in [-0.3, -0.25) is 9.59 Å². The summed E-state index contributed by atoms with van der Waals surface area (Å²) in [7, 11) is 0. The first-order valence-electron chi connectivity index (χ1n) is 8.86. The minimum Gasteiger partial charge on any atom is -0.365 e. The van der Waals surface area contributed by atoms with Crippen LogP contribution in [-0.4, -0.2) is 47.5 Å². The Bertz CT molecular complexity index is 837. The summed E-state index contributed by atoms with van der Waals surface area (Å²) in [5, 5.41) is 9.57. The van der Waals surface area contributed by atoms with E-state index in [1.807, 2.05) is 25.3 Å². The fourth-order valence-electron chi connectivity index (χ4n) is 3.19. The van der Waals surface area contributed by atoms with Gasteiger partial charge in [-0.2, -0.15) is 0 Å². The van der Waals surface area contributed by atoms with Crippen molar-refractivity contribution in [2.75, 3.05) is 35.2 Å². The van der Waals surface area contributed by atoms with E-state index >= 15 is 0 Å². The minimum atomic E-state index is -0.133. The number of carbonyl (C=O) groups is 2. The molecule has 8 nitrogen and oxygen atoms in total. The summed E-state index contributed by atoms with van der Waals surface area (Å²) in [4.78, 5) is 34.7. The van der Waals surface area contributed by atoms with Crippen molar-refractivity contribution in [2.24, 2.45) is 0 Å². The van der Waals surface area contributed by atoms with Crippen molar-refractivity contribution < 1.29 is 9.59 Å². The fraction of sp³-hybridized carbons (Fsp3) is 0.444. The quantitative estimate of drug-likeness (QED) is 0.722. The summed E-state index contributed by atoms with van der Waals surface area (Å²) in [6, 6.07) is 4.21. The number of nitrogens with one attached hydrogen (secondary N) is 3. The van der Waals surface area contributed by atoms with Crippen molar-refractivity contribution in [2.45, 2.75) is 33.2 Å². The Morgan fingerprint density at radius 3 is 2.81 bits per heavy atom. The van der Waals surface area contributed by atoms with Crippen LogP contribution in [0.3, 0.4) is 0 Å². The van der Waals surface area contributed by atoms with E-state index in [4.69, 9.17) is 0 Å².